The van der Waals surface area contributed by atoms with Gasteiger partial charge in [0.25, 0.3) is 0 Å². The molecule has 9 aromatic rings. The van der Waals surface area contributed by atoms with Crippen LogP contribution < -0.4 is 36.5 Å². The van der Waals surface area contributed by atoms with E-state index in [0.717, 1.165) is 22.3 Å². The maximum absolute atomic E-state index is 15.0. The zero-order valence-electron chi connectivity index (χ0n) is 40.4. The molecular weight excluding hydrogens is 1010 g/mol. The fourth-order valence-corrected chi connectivity index (χ4v) is 20.2. The van der Waals surface area contributed by atoms with Gasteiger partial charge in [-0.1, -0.05) is 0 Å². The molecule has 11 rings (SSSR count). The van der Waals surface area contributed by atoms with E-state index < -0.39 is 62.9 Å². The fraction of sp³-hybridized carbons (Fsp3) is 0.0645. The van der Waals surface area contributed by atoms with Crippen LogP contribution in [0.2, 0.25) is 0 Å². The monoisotopic (exact) mass is 1060 g/mol. The molecule has 0 saturated carbocycles. The Kier molecular flexibility index (Phi) is 13.3. The van der Waals surface area contributed by atoms with E-state index in [-0.39, 0.29) is 6.07 Å². The fourth-order valence-electron chi connectivity index (χ4n) is 10.4. The number of hydrogen-bond donors (Lipinski definition) is 0. The van der Waals surface area contributed by atoms with Crippen LogP contribution in [0.3, 0.4) is 0 Å². The molecule has 0 aliphatic heterocycles. The van der Waals surface area contributed by atoms with Crippen LogP contribution in [0.4, 0.5) is 26.3 Å². The molecule has 0 aromatic heterocycles. The molecule has 0 heterocycles. The Balaban J connectivity index is 1.29. The number of rotatable bonds is 16. The van der Waals surface area contributed by atoms with E-state index in [1.54, 1.807) is 0 Å². The molecule has 14 heteroatoms. The third kappa shape index (κ3) is 8.79. The predicted molar refractivity (Wildman–Crippen MR) is 294 cm³/mol. The van der Waals surface area contributed by atoms with E-state index in [9.17, 15) is 0 Å². The molecule has 0 amide bonds. The molecular formula is C62H47BF6O5P2. The van der Waals surface area contributed by atoms with Crippen molar-refractivity contribution in [1.82, 2.24) is 0 Å². The van der Waals surface area contributed by atoms with E-state index >= 15 is 26.3 Å². The summed E-state index contributed by atoms with van der Waals surface area (Å²) in [5.74, 6) is -0.860. The van der Waals surface area contributed by atoms with Gasteiger partial charge in [-0.3, -0.25) is 0 Å². The van der Waals surface area contributed by atoms with Crippen LogP contribution in [0, 0.1) is 0 Å². The third-order valence-electron chi connectivity index (χ3n) is 13.9. The molecule has 2 atom stereocenters. The van der Waals surface area contributed by atoms with E-state index in [4.69, 9.17) is 22.6 Å². The Hall–Kier alpha value is -7.40. The van der Waals surface area contributed by atoms with Gasteiger partial charge in [0.05, 0.1) is 0 Å². The van der Waals surface area contributed by atoms with Gasteiger partial charge in [0.2, 0.25) is 0 Å². The van der Waals surface area contributed by atoms with Crippen molar-refractivity contribution in [2.24, 2.45) is 0 Å². The Labute approximate surface area is 437 Å². The van der Waals surface area contributed by atoms with Gasteiger partial charge in [-0.15, -0.1) is 0 Å². The Bertz CT molecular complexity index is 3130. The molecule has 0 N–H and O–H groups in total. The number of fused-ring (bicyclic) bond motifs is 2. The van der Waals surface area contributed by atoms with E-state index in [2.05, 4.69) is 0 Å². The summed E-state index contributed by atoms with van der Waals surface area (Å²) in [5.41, 5.74) is 0.0745. The number of hydrogen-bond acceptors (Lipinski definition) is 5. The molecule has 2 aliphatic rings. The second kappa shape index (κ2) is 20.0. The summed E-state index contributed by atoms with van der Waals surface area (Å²) >= 11 is 0. The predicted octanol–water partition coefficient (Wildman–Crippen LogP) is 14.4. The molecule has 0 spiro atoms. The van der Waals surface area contributed by atoms with Gasteiger partial charge in [-0.25, -0.2) is 0 Å². The van der Waals surface area contributed by atoms with Crippen molar-refractivity contribution in [3.05, 3.63) is 294 Å². The normalized spacial score (nSPS) is 16.2. The first kappa shape index (κ1) is 50.7. The van der Waals surface area contributed by atoms with Crippen LogP contribution in [-0.4, -0.2) is 7.32 Å². The van der Waals surface area contributed by atoms with Gasteiger partial charge in [0.1, 0.15) is 0 Å². The molecule has 0 bridgehead atoms. The molecule has 5 nitrogen and oxygen atoms in total. The van der Waals surface area contributed by atoms with Gasteiger partial charge < -0.3 is 0 Å². The van der Waals surface area contributed by atoms with Gasteiger partial charge in [0.15, 0.2) is 0 Å². The SMILES string of the molecule is FC(F)(F)c1cc(OB(OP(OC2C=Cc3ccccc32)(c2ccccc2)(c2ccccc2)c2ccccc2)OP(OC2C=Cc3ccccc32)(c2ccccc2)(c2ccccc2)c2ccccc2)cc(C(F)(F)F)c1. The average molecular weight is 1060 g/mol. The van der Waals surface area contributed by atoms with Crippen molar-refractivity contribution < 1.29 is 48.9 Å². The first-order valence-electron chi connectivity index (χ1n) is 24.4. The first-order chi connectivity index (χ1) is 36.8. The number of alkyl halides is 6. The third-order valence-corrected chi connectivity index (χ3v) is 23.7. The second-order valence-corrected chi connectivity index (χ2v) is 26.1. The van der Waals surface area contributed by atoms with Crippen LogP contribution in [-0.2, 0) is 30.3 Å². The Morgan fingerprint density at radius 1 is 0.342 bits per heavy atom. The van der Waals surface area contributed by atoms with Crippen LogP contribution in [0.15, 0.2) is 261 Å². The molecule has 0 saturated heterocycles. The molecule has 76 heavy (non-hydrogen) atoms. The summed E-state index contributed by atoms with van der Waals surface area (Å²) in [5, 5.41) is 2.80. The minimum atomic E-state index is -5.42. The summed E-state index contributed by atoms with van der Waals surface area (Å²) in [6, 6.07) is 71.3. The average Bonchev–Trinajstić information content (AvgIpc) is 4.15. The van der Waals surface area contributed by atoms with Crippen LogP contribution >= 0.6 is 14.1 Å². The number of benzene rings is 9. The van der Waals surface area contributed by atoms with Crippen LogP contribution in [0.25, 0.3) is 12.2 Å². The maximum atomic E-state index is 15.0. The zero-order valence-corrected chi connectivity index (χ0v) is 42.2. The van der Waals surface area contributed by atoms with E-state index in [1.807, 2.05) is 255 Å². The molecule has 380 valence electrons. The Morgan fingerprint density at radius 2 is 0.618 bits per heavy atom. The summed E-state index contributed by atoms with van der Waals surface area (Å²) in [6.45, 7) is 0. The van der Waals surface area contributed by atoms with E-state index in [0.29, 0.717) is 44.0 Å². The molecule has 2 unspecified atom stereocenters. The molecule has 2 aliphatic carbocycles. The van der Waals surface area contributed by atoms with Crippen LogP contribution in [0.5, 0.6) is 5.75 Å². The Morgan fingerprint density at radius 3 is 0.908 bits per heavy atom. The molecule has 0 radical (unpaired) electrons. The van der Waals surface area contributed by atoms with Gasteiger partial charge in [-0.05, 0) is 0 Å². The summed E-state index contributed by atoms with van der Waals surface area (Å²) in [4.78, 5) is 0. The molecule has 9 aromatic carbocycles. The van der Waals surface area contributed by atoms with Crippen LogP contribution in [0.1, 0.15) is 45.6 Å². The van der Waals surface area contributed by atoms with Gasteiger partial charge in [0, 0.05) is 0 Å². The van der Waals surface area contributed by atoms with Gasteiger partial charge in [-0.2, -0.15) is 0 Å². The minimum absolute atomic E-state index is 0.0549. The van der Waals surface area contributed by atoms with Crippen molar-refractivity contribution in [3.8, 4) is 5.75 Å². The van der Waals surface area contributed by atoms with E-state index in [1.165, 1.54) is 0 Å². The second-order valence-electron chi connectivity index (χ2n) is 18.3. The van der Waals surface area contributed by atoms with Crippen molar-refractivity contribution in [2.45, 2.75) is 24.6 Å². The van der Waals surface area contributed by atoms with Crippen molar-refractivity contribution in [2.75, 3.05) is 0 Å². The topological polar surface area (TPSA) is 46.2 Å². The quantitative estimate of drug-likeness (QED) is 0.0548. The first-order valence-corrected chi connectivity index (χ1v) is 28.6. The summed E-state index contributed by atoms with van der Waals surface area (Å²) in [6.07, 6.45) is -4.54. The molecule has 0 fully saturated rings. The van der Waals surface area contributed by atoms with Crippen molar-refractivity contribution >= 4 is 65.4 Å². The van der Waals surface area contributed by atoms with Crippen molar-refractivity contribution in [1.29, 1.82) is 0 Å². The summed E-state index contributed by atoms with van der Waals surface area (Å²) in [7, 11) is -13.2. The number of halogens is 6. The zero-order chi connectivity index (χ0) is 52.5. The standard InChI is InChI=1S/C62H47BF6O5P2/c64-61(65,66)48-43-49(62(67,68)69)45-50(44-48)70-63(73-75(51-25-7-1-8-26-51,52-27-9-2-10-28-52,53-29-11-3-12-30-53)71-59-41-39-46-23-19-21-37-57(46)59)74-76(54-31-13-4-14-32-54,55-33-15-5-16-34-55,56-35-17-6-18-36-56)72-60-42-40-47-24-20-22-38-58(47)60/h1-45,59-60H. The van der Waals surface area contributed by atoms with Crippen molar-refractivity contribution in [3.63, 3.8) is 0 Å². The summed E-state index contributed by atoms with van der Waals surface area (Å²) < 4.78 is 129. The van der Waals surface area contributed by atoms with Gasteiger partial charge >= 0.3 is 439 Å².